The highest BCUT2D eigenvalue weighted by Crippen LogP contribution is 2.61. The predicted molar refractivity (Wildman–Crippen MR) is 154 cm³/mol. The van der Waals surface area contributed by atoms with Gasteiger partial charge in [0.2, 0.25) is 12.6 Å². The molecule has 9 N–H and O–H groups in total. The van der Waals surface area contributed by atoms with Crippen LogP contribution in [0.4, 0.5) is 0 Å². The van der Waals surface area contributed by atoms with E-state index in [1.807, 2.05) is 6.92 Å². The first-order valence-electron chi connectivity index (χ1n) is 16.5. The third-order valence-electron chi connectivity index (χ3n) is 11.3. The standard InChI is InChI=1S/C31H44O18/c1-10-2-3-11-13(8-43-27(16(10)11)47-29-22(39)20(37)18(35)14(6-32)44-29)26(41)46-24-12-4-5-42-28(17(12)31(9-34)25(24)49-31)48-30-23(40)21(38)19(36)15(7-33)45-30/h4-5,8,10-12,14-25,27-30,32-40H,2-3,6-7,9H2,1H3/t10?,11?,12?,14?,15?,16?,17?,18?,19?,20?,21?,22?,23?,24-,25-,27?,28?,29?,30?,31+/m0/s1. The van der Waals surface area contributed by atoms with E-state index in [0.717, 1.165) is 0 Å². The number of aliphatic hydroxyl groups excluding tert-OH is 9. The number of rotatable bonds is 9. The summed E-state index contributed by atoms with van der Waals surface area (Å²) in [6.45, 7) is 0.196. The fourth-order valence-corrected chi connectivity index (χ4v) is 8.48. The molecule has 5 fully saturated rings. The molecule has 2 saturated carbocycles. The topological polar surface area (TPSA) is 276 Å². The summed E-state index contributed by atoms with van der Waals surface area (Å²) in [6, 6.07) is 0. The fraction of sp³-hybridized carbons (Fsp3) is 0.839. The van der Waals surface area contributed by atoms with Gasteiger partial charge in [0.25, 0.3) is 0 Å². The molecule has 7 rings (SSSR count). The van der Waals surface area contributed by atoms with E-state index in [4.69, 9.17) is 37.9 Å². The molecule has 49 heavy (non-hydrogen) atoms. The molecule has 18 nitrogen and oxygen atoms in total. The van der Waals surface area contributed by atoms with Crippen molar-refractivity contribution in [3.8, 4) is 0 Å². The normalized spacial score (nSPS) is 53.0. The molecule has 0 aromatic carbocycles. The van der Waals surface area contributed by atoms with Crippen molar-refractivity contribution in [1.29, 1.82) is 0 Å². The van der Waals surface area contributed by atoms with Crippen LogP contribution in [-0.2, 0) is 42.7 Å². The summed E-state index contributed by atoms with van der Waals surface area (Å²) < 4.78 is 46.4. The van der Waals surface area contributed by atoms with E-state index in [1.165, 1.54) is 12.5 Å². The highest BCUT2D eigenvalue weighted by molar-refractivity contribution is 5.89. The number of esters is 1. The Labute approximate surface area is 279 Å². The van der Waals surface area contributed by atoms with Gasteiger partial charge in [0.05, 0.1) is 43.8 Å². The Hall–Kier alpha value is -2.01. The van der Waals surface area contributed by atoms with Crippen molar-refractivity contribution in [3.05, 3.63) is 24.2 Å². The van der Waals surface area contributed by atoms with E-state index >= 15 is 0 Å². The number of carbonyl (C=O) groups excluding carboxylic acids is 1. The van der Waals surface area contributed by atoms with Crippen molar-refractivity contribution >= 4 is 5.97 Å². The number of fused-ring (bicyclic) bond motifs is 4. The number of carbonyl (C=O) groups is 1. The van der Waals surface area contributed by atoms with Crippen molar-refractivity contribution in [2.24, 2.45) is 29.6 Å². The molecule has 5 aliphatic heterocycles. The number of epoxide rings is 1. The zero-order chi connectivity index (χ0) is 34.9. The van der Waals surface area contributed by atoms with Gasteiger partial charge >= 0.3 is 5.97 Å². The molecular weight excluding hydrogens is 660 g/mol. The van der Waals surface area contributed by atoms with Gasteiger partial charge in [-0.05, 0) is 24.8 Å². The lowest BCUT2D eigenvalue weighted by Crippen LogP contribution is -2.60. The molecule has 0 bridgehead atoms. The van der Waals surface area contributed by atoms with Crippen LogP contribution in [0.5, 0.6) is 0 Å². The second kappa shape index (κ2) is 13.5. The van der Waals surface area contributed by atoms with Crippen LogP contribution in [0.3, 0.4) is 0 Å². The summed E-state index contributed by atoms with van der Waals surface area (Å²) in [4.78, 5) is 13.8. The molecule has 0 radical (unpaired) electrons. The van der Waals surface area contributed by atoms with Crippen LogP contribution in [0.2, 0.25) is 0 Å². The van der Waals surface area contributed by atoms with E-state index in [-0.39, 0.29) is 23.3 Å². The second-order valence-electron chi connectivity index (χ2n) is 13.9. The first-order chi connectivity index (χ1) is 23.4. The maximum Gasteiger partial charge on any atom is 0.337 e. The Balaban J connectivity index is 1.05. The highest BCUT2D eigenvalue weighted by atomic mass is 16.8. The molecule has 0 aromatic rings. The molecule has 17 unspecified atom stereocenters. The third-order valence-corrected chi connectivity index (χ3v) is 11.3. The van der Waals surface area contributed by atoms with E-state index in [9.17, 15) is 50.8 Å². The fourth-order valence-electron chi connectivity index (χ4n) is 8.48. The van der Waals surface area contributed by atoms with Crippen LogP contribution >= 0.6 is 0 Å². The highest BCUT2D eigenvalue weighted by Gasteiger charge is 2.77. The molecule has 20 atom stereocenters. The quantitative estimate of drug-likeness (QED) is 0.0811. The SMILES string of the molecule is CC1CCC2C(C(=O)O[C@H]3C4C=COC(OC5OC(CO)C(O)C(O)C5O)C4[C@@]4(CO)O[C@@H]34)=COC(OC3OC(CO)C(O)C(O)C3O)C12. The van der Waals surface area contributed by atoms with E-state index in [1.54, 1.807) is 6.08 Å². The first-order valence-corrected chi connectivity index (χ1v) is 16.5. The van der Waals surface area contributed by atoms with Gasteiger partial charge in [0.1, 0.15) is 66.6 Å². The number of hydrogen-bond donors (Lipinski definition) is 9. The molecule has 3 saturated heterocycles. The van der Waals surface area contributed by atoms with Gasteiger partial charge in [-0.1, -0.05) is 6.92 Å². The summed E-state index contributed by atoms with van der Waals surface area (Å²) in [5.74, 6) is -2.79. The minimum Gasteiger partial charge on any atom is -0.472 e. The van der Waals surface area contributed by atoms with Crippen molar-refractivity contribution in [2.75, 3.05) is 19.8 Å². The lowest BCUT2D eigenvalue weighted by molar-refractivity contribution is -0.344. The number of aliphatic hydroxyl groups is 9. The largest absolute Gasteiger partial charge is 0.472 e. The minimum absolute atomic E-state index is 0.000182. The lowest BCUT2D eigenvalue weighted by Gasteiger charge is -2.43. The van der Waals surface area contributed by atoms with Gasteiger partial charge in [0.15, 0.2) is 12.6 Å². The van der Waals surface area contributed by atoms with Crippen molar-refractivity contribution in [1.82, 2.24) is 0 Å². The second-order valence-corrected chi connectivity index (χ2v) is 13.9. The zero-order valence-corrected chi connectivity index (χ0v) is 26.4. The first kappa shape index (κ1) is 35.4. The maximum absolute atomic E-state index is 13.8. The van der Waals surface area contributed by atoms with E-state index in [0.29, 0.717) is 12.8 Å². The summed E-state index contributed by atoms with van der Waals surface area (Å²) in [7, 11) is 0. The Morgan fingerprint density at radius 1 is 0.816 bits per heavy atom. The van der Waals surface area contributed by atoms with Gasteiger partial charge in [0, 0.05) is 17.8 Å². The summed E-state index contributed by atoms with van der Waals surface area (Å²) in [5, 5.41) is 91.3. The van der Waals surface area contributed by atoms with Gasteiger partial charge in [-0.2, -0.15) is 0 Å². The Morgan fingerprint density at radius 2 is 1.43 bits per heavy atom. The molecule has 276 valence electrons. The molecule has 0 spiro atoms. The van der Waals surface area contributed by atoms with Crippen molar-refractivity contribution in [3.63, 3.8) is 0 Å². The summed E-state index contributed by atoms with van der Waals surface area (Å²) in [5.41, 5.74) is -0.988. The smallest absolute Gasteiger partial charge is 0.337 e. The van der Waals surface area contributed by atoms with Crippen LogP contribution < -0.4 is 0 Å². The predicted octanol–water partition coefficient (Wildman–Crippen LogP) is -4.32. The minimum atomic E-state index is -1.70. The van der Waals surface area contributed by atoms with Crippen LogP contribution in [-0.4, -0.2) is 164 Å². The molecule has 2 aliphatic carbocycles. The average Bonchev–Trinajstić information content (AvgIpc) is 3.62. The van der Waals surface area contributed by atoms with Crippen LogP contribution in [0.25, 0.3) is 0 Å². The molecule has 5 heterocycles. The van der Waals surface area contributed by atoms with Gasteiger partial charge in [-0.15, -0.1) is 0 Å². The lowest BCUT2D eigenvalue weighted by atomic mass is 9.83. The van der Waals surface area contributed by atoms with Gasteiger partial charge < -0.3 is 83.9 Å². The van der Waals surface area contributed by atoms with Crippen LogP contribution in [0, 0.1) is 29.6 Å². The van der Waals surface area contributed by atoms with Gasteiger partial charge in [-0.3, -0.25) is 0 Å². The molecule has 0 aromatic heterocycles. The Morgan fingerprint density at radius 3 is 2.02 bits per heavy atom. The number of ether oxygens (including phenoxy) is 8. The maximum atomic E-state index is 13.8. The average molecular weight is 705 g/mol. The Kier molecular flexibility index (Phi) is 9.76. The molecule has 7 aliphatic rings. The van der Waals surface area contributed by atoms with E-state index < -0.39 is 129 Å². The monoisotopic (exact) mass is 704 g/mol. The number of hydrogen-bond acceptors (Lipinski definition) is 18. The Bertz CT molecular complexity index is 1280. The summed E-state index contributed by atoms with van der Waals surface area (Å²) in [6.07, 6.45) is -13.5. The zero-order valence-electron chi connectivity index (χ0n) is 26.4. The molecule has 0 amide bonds. The van der Waals surface area contributed by atoms with Crippen LogP contribution in [0.1, 0.15) is 19.8 Å². The van der Waals surface area contributed by atoms with Crippen molar-refractivity contribution < 1.29 is 88.6 Å². The van der Waals surface area contributed by atoms with Gasteiger partial charge in [-0.25, -0.2) is 4.79 Å². The third kappa shape index (κ3) is 5.79. The molecule has 18 heteroatoms. The van der Waals surface area contributed by atoms with E-state index in [2.05, 4.69) is 0 Å². The molecular formula is C31H44O18. The van der Waals surface area contributed by atoms with Crippen LogP contribution in [0.15, 0.2) is 24.2 Å². The summed E-state index contributed by atoms with van der Waals surface area (Å²) >= 11 is 0. The van der Waals surface area contributed by atoms with Crippen molar-refractivity contribution in [2.45, 2.75) is 112 Å².